The molecular formula is C20H16ClN5O3S. The third-order valence-corrected chi connectivity index (χ3v) is 5.28. The van der Waals surface area contributed by atoms with Gasteiger partial charge in [0, 0.05) is 21.5 Å². The molecule has 8 nitrogen and oxygen atoms in total. The molecule has 4 aromatic rings. The molecule has 4 rings (SSSR count). The summed E-state index contributed by atoms with van der Waals surface area (Å²) in [6.07, 6.45) is 0. The van der Waals surface area contributed by atoms with Gasteiger partial charge in [-0.05, 0) is 36.4 Å². The second kappa shape index (κ2) is 8.52. The Hall–Kier alpha value is -3.43. The minimum absolute atomic E-state index is 0.164. The lowest BCUT2D eigenvalue weighted by Gasteiger charge is -2.05. The Kier molecular flexibility index (Phi) is 5.64. The summed E-state index contributed by atoms with van der Waals surface area (Å²) in [5.74, 6) is 0.0908. The van der Waals surface area contributed by atoms with Gasteiger partial charge in [0.25, 0.3) is 11.9 Å². The molecular weight excluding hydrogens is 426 g/mol. The summed E-state index contributed by atoms with van der Waals surface area (Å²) in [5, 5.41) is 12.0. The number of aromatic nitrogens is 3. The number of carbonyl (C=O) groups excluding carboxylic acids is 2. The maximum absolute atomic E-state index is 12.2. The van der Waals surface area contributed by atoms with E-state index in [-0.39, 0.29) is 18.4 Å². The van der Waals surface area contributed by atoms with Gasteiger partial charge in [0.1, 0.15) is 5.75 Å². The summed E-state index contributed by atoms with van der Waals surface area (Å²) in [5.41, 5.74) is 2.16. The fourth-order valence-electron chi connectivity index (χ4n) is 2.75. The number of methoxy groups -OCH3 is 1. The molecule has 0 fully saturated rings. The highest BCUT2D eigenvalue weighted by molar-refractivity contribution is 7.15. The standard InChI is InChI=1S/C20H16ClN5O3S/c1-29-15-4-2-3-13(9-15)16-11-30-20-24-19(25-26(16)20)23-17(27)10-22-18(28)12-5-7-14(21)8-6-12/h2-9,11H,10H2,1H3,(H,22,28)(H,23,25,27). The molecule has 2 amide bonds. The number of hydrogen-bond donors (Lipinski definition) is 2. The van der Waals surface area contributed by atoms with E-state index in [9.17, 15) is 9.59 Å². The quantitative estimate of drug-likeness (QED) is 0.477. The molecule has 0 saturated heterocycles. The van der Waals surface area contributed by atoms with Crippen LogP contribution in [0.4, 0.5) is 5.95 Å². The van der Waals surface area contributed by atoms with Gasteiger partial charge in [-0.1, -0.05) is 23.7 Å². The SMILES string of the molecule is COc1cccc(-c2csc3nc(NC(=O)CNC(=O)c4ccc(Cl)cc4)nn23)c1. The van der Waals surface area contributed by atoms with Crippen LogP contribution >= 0.6 is 22.9 Å². The zero-order valence-electron chi connectivity index (χ0n) is 15.8. The summed E-state index contributed by atoms with van der Waals surface area (Å²) in [6, 6.07) is 14.0. The molecule has 0 atom stereocenters. The Morgan fingerprint density at radius 2 is 2.00 bits per heavy atom. The zero-order valence-corrected chi connectivity index (χ0v) is 17.3. The van der Waals surface area contributed by atoms with Crippen molar-refractivity contribution in [1.29, 1.82) is 0 Å². The average molecular weight is 442 g/mol. The highest BCUT2D eigenvalue weighted by Gasteiger charge is 2.14. The van der Waals surface area contributed by atoms with Crippen LogP contribution in [0.1, 0.15) is 10.4 Å². The molecule has 2 heterocycles. The third-order valence-electron chi connectivity index (χ3n) is 4.21. The monoisotopic (exact) mass is 441 g/mol. The molecule has 2 N–H and O–H groups in total. The number of benzene rings is 2. The molecule has 10 heteroatoms. The van der Waals surface area contributed by atoms with E-state index in [1.165, 1.54) is 11.3 Å². The Morgan fingerprint density at radius 1 is 1.20 bits per heavy atom. The van der Waals surface area contributed by atoms with E-state index >= 15 is 0 Å². The lowest BCUT2D eigenvalue weighted by molar-refractivity contribution is -0.115. The molecule has 0 aliphatic heterocycles. The number of ether oxygens (including phenoxy) is 1. The molecule has 0 bridgehead atoms. The fourth-order valence-corrected chi connectivity index (χ4v) is 3.71. The number of thiazole rings is 1. The normalized spacial score (nSPS) is 10.7. The first-order valence-corrected chi connectivity index (χ1v) is 10.1. The predicted octanol–water partition coefficient (Wildman–Crippen LogP) is 3.49. The highest BCUT2D eigenvalue weighted by atomic mass is 35.5. The first kappa shape index (κ1) is 19.9. The van der Waals surface area contributed by atoms with Gasteiger partial charge in [0.15, 0.2) is 0 Å². The van der Waals surface area contributed by atoms with Gasteiger partial charge >= 0.3 is 0 Å². The third kappa shape index (κ3) is 4.27. The van der Waals surface area contributed by atoms with Gasteiger partial charge in [0.2, 0.25) is 10.9 Å². The second-order valence-corrected chi connectivity index (χ2v) is 7.49. The number of nitrogens with zero attached hydrogens (tertiary/aromatic N) is 3. The number of rotatable bonds is 6. The van der Waals surface area contributed by atoms with Gasteiger partial charge in [-0.25, -0.2) is 4.52 Å². The Bertz CT molecular complexity index is 1220. The van der Waals surface area contributed by atoms with Crippen molar-refractivity contribution in [3.05, 3.63) is 64.5 Å². The summed E-state index contributed by atoms with van der Waals surface area (Å²) >= 11 is 7.21. The van der Waals surface area contributed by atoms with Gasteiger partial charge in [-0.2, -0.15) is 4.98 Å². The summed E-state index contributed by atoms with van der Waals surface area (Å²) < 4.78 is 6.92. The van der Waals surface area contributed by atoms with Crippen LogP contribution in [-0.2, 0) is 4.79 Å². The van der Waals surface area contributed by atoms with E-state index in [1.54, 1.807) is 35.9 Å². The van der Waals surface area contributed by atoms with Crippen molar-refractivity contribution in [3.8, 4) is 17.0 Å². The van der Waals surface area contributed by atoms with Crippen LogP contribution in [0.2, 0.25) is 5.02 Å². The molecule has 0 aliphatic carbocycles. The summed E-state index contributed by atoms with van der Waals surface area (Å²) in [6.45, 7) is -0.211. The smallest absolute Gasteiger partial charge is 0.251 e. The minimum atomic E-state index is -0.432. The van der Waals surface area contributed by atoms with E-state index in [0.29, 0.717) is 15.5 Å². The Morgan fingerprint density at radius 3 is 2.77 bits per heavy atom. The van der Waals surface area contributed by atoms with Crippen molar-refractivity contribution in [2.24, 2.45) is 0 Å². The number of fused-ring (bicyclic) bond motifs is 1. The van der Waals surface area contributed by atoms with Crippen LogP contribution in [0.3, 0.4) is 0 Å². The number of anilines is 1. The molecule has 0 radical (unpaired) electrons. The predicted molar refractivity (Wildman–Crippen MR) is 115 cm³/mol. The second-order valence-electron chi connectivity index (χ2n) is 6.22. The summed E-state index contributed by atoms with van der Waals surface area (Å²) in [7, 11) is 1.61. The fraction of sp³-hybridized carbons (Fsp3) is 0.100. The van der Waals surface area contributed by atoms with Crippen molar-refractivity contribution < 1.29 is 14.3 Å². The van der Waals surface area contributed by atoms with Crippen LogP contribution in [0.25, 0.3) is 16.2 Å². The van der Waals surface area contributed by atoms with E-state index in [4.69, 9.17) is 16.3 Å². The van der Waals surface area contributed by atoms with E-state index < -0.39 is 5.91 Å². The molecule has 152 valence electrons. The molecule has 2 aromatic heterocycles. The van der Waals surface area contributed by atoms with Crippen LogP contribution in [0, 0.1) is 0 Å². The topological polar surface area (TPSA) is 97.6 Å². The Labute approximate surface area is 180 Å². The van der Waals surface area contributed by atoms with E-state index in [0.717, 1.165) is 17.0 Å². The number of nitrogens with one attached hydrogen (secondary N) is 2. The molecule has 0 aliphatic rings. The zero-order chi connectivity index (χ0) is 21.1. The largest absolute Gasteiger partial charge is 0.497 e. The van der Waals surface area contributed by atoms with Crippen LogP contribution in [0.5, 0.6) is 5.75 Å². The first-order chi connectivity index (χ1) is 14.5. The van der Waals surface area contributed by atoms with Crippen molar-refractivity contribution in [3.63, 3.8) is 0 Å². The van der Waals surface area contributed by atoms with E-state index in [1.807, 2.05) is 29.6 Å². The van der Waals surface area contributed by atoms with Crippen molar-refractivity contribution >= 4 is 45.7 Å². The lowest BCUT2D eigenvalue weighted by atomic mass is 10.2. The average Bonchev–Trinajstić information content (AvgIpc) is 3.32. The number of halogens is 1. The maximum Gasteiger partial charge on any atom is 0.251 e. The molecule has 0 saturated carbocycles. The molecule has 30 heavy (non-hydrogen) atoms. The molecule has 0 unspecified atom stereocenters. The van der Waals surface area contributed by atoms with Crippen molar-refractivity contribution in [1.82, 2.24) is 19.9 Å². The van der Waals surface area contributed by atoms with Crippen molar-refractivity contribution in [2.45, 2.75) is 0 Å². The number of amides is 2. The van der Waals surface area contributed by atoms with E-state index in [2.05, 4.69) is 20.7 Å². The lowest BCUT2D eigenvalue weighted by Crippen LogP contribution is -2.33. The van der Waals surface area contributed by atoms with Crippen LogP contribution < -0.4 is 15.4 Å². The minimum Gasteiger partial charge on any atom is -0.497 e. The maximum atomic E-state index is 12.2. The van der Waals surface area contributed by atoms with Crippen molar-refractivity contribution in [2.75, 3.05) is 19.0 Å². The first-order valence-electron chi connectivity index (χ1n) is 8.86. The van der Waals surface area contributed by atoms with Crippen LogP contribution in [-0.4, -0.2) is 40.1 Å². The van der Waals surface area contributed by atoms with Gasteiger partial charge < -0.3 is 10.1 Å². The Balaban J connectivity index is 1.42. The molecule has 2 aromatic carbocycles. The molecule has 0 spiro atoms. The summed E-state index contributed by atoms with van der Waals surface area (Å²) in [4.78, 5) is 29.2. The van der Waals surface area contributed by atoms with Gasteiger partial charge in [-0.15, -0.1) is 16.4 Å². The number of hydrogen-bond acceptors (Lipinski definition) is 6. The number of carbonyl (C=O) groups is 2. The highest BCUT2D eigenvalue weighted by Crippen LogP contribution is 2.28. The van der Waals surface area contributed by atoms with Crippen LogP contribution in [0.15, 0.2) is 53.9 Å². The van der Waals surface area contributed by atoms with Gasteiger partial charge in [-0.3, -0.25) is 14.9 Å². The van der Waals surface area contributed by atoms with Gasteiger partial charge in [0.05, 0.1) is 19.3 Å².